The molecule has 0 aromatic heterocycles. The Morgan fingerprint density at radius 1 is 1.03 bits per heavy atom. The lowest BCUT2D eigenvalue weighted by atomic mass is 10.1. The molecule has 7 nitrogen and oxygen atoms in total. The van der Waals surface area contributed by atoms with E-state index < -0.39 is 23.7 Å². The zero-order chi connectivity index (χ0) is 25.8. The maximum Gasteiger partial charge on any atom is 0.336 e. The highest BCUT2D eigenvalue weighted by Crippen LogP contribution is 2.36. The number of anilines is 1. The number of benzene rings is 3. The summed E-state index contributed by atoms with van der Waals surface area (Å²) in [5, 5.41) is 2.10. The van der Waals surface area contributed by atoms with Crippen molar-refractivity contribution in [2.75, 3.05) is 11.5 Å². The molecule has 0 unspecified atom stereocenters. The Morgan fingerprint density at radius 3 is 2.53 bits per heavy atom. The summed E-state index contributed by atoms with van der Waals surface area (Å²) in [6, 6.07) is 15.7. The van der Waals surface area contributed by atoms with Gasteiger partial charge in [-0.15, -0.1) is 0 Å². The number of nitrogens with zero attached hydrogens (tertiary/aromatic N) is 1. The zero-order valence-corrected chi connectivity index (χ0v) is 21.7. The number of imide groups is 2. The molecule has 4 rings (SSSR count). The molecule has 3 aromatic rings. The Bertz CT molecular complexity index is 1390. The van der Waals surface area contributed by atoms with Crippen molar-refractivity contribution < 1.29 is 28.2 Å². The number of halogens is 2. The Morgan fingerprint density at radius 2 is 1.81 bits per heavy atom. The van der Waals surface area contributed by atoms with E-state index in [0.29, 0.717) is 38.7 Å². The predicted molar refractivity (Wildman–Crippen MR) is 141 cm³/mol. The molecule has 4 amide bonds. The van der Waals surface area contributed by atoms with Crippen molar-refractivity contribution in [3.63, 3.8) is 0 Å². The lowest BCUT2D eigenvalue weighted by Crippen LogP contribution is -2.54. The number of urea groups is 1. The molecule has 9 heteroatoms. The smallest absolute Gasteiger partial charge is 0.336 e. The van der Waals surface area contributed by atoms with Crippen LogP contribution in [0, 0.1) is 16.3 Å². The van der Waals surface area contributed by atoms with Crippen molar-refractivity contribution in [1.82, 2.24) is 5.32 Å². The summed E-state index contributed by atoms with van der Waals surface area (Å²) in [4.78, 5) is 38.6. The Labute approximate surface area is 221 Å². The van der Waals surface area contributed by atoms with Gasteiger partial charge in [0.1, 0.15) is 18.0 Å². The van der Waals surface area contributed by atoms with Gasteiger partial charge < -0.3 is 9.47 Å². The van der Waals surface area contributed by atoms with E-state index in [-0.39, 0.29) is 11.3 Å². The maximum absolute atomic E-state index is 14.3. The fraction of sp³-hybridized carbons (Fsp3) is 0.148. The van der Waals surface area contributed by atoms with E-state index in [1.54, 1.807) is 12.1 Å². The van der Waals surface area contributed by atoms with Crippen LogP contribution in [0.3, 0.4) is 0 Å². The van der Waals surface area contributed by atoms with Crippen LogP contribution in [0.25, 0.3) is 6.08 Å². The Balaban J connectivity index is 1.67. The van der Waals surface area contributed by atoms with Gasteiger partial charge in [0, 0.05) is 0 Å². The number of carbonyl (C=O) groups excluding carboxylic acids is 3. The highest BCUT2D eigenvalue weighted by atomic mass is 127. The van der Waals surface area contributed by atoms with Crippen molar-refractivity contribution in [1.29, 1.82) is 0 Å². The summed E-state index contributed by atoms with van der Waals surface area (Å²) in [6.07, 6.45) is 1.34. The van der Waals surface area contributed by atoms with Gasteiger partial charge >= 0.3 is 6.03 Å². The number of hydrogen-bond acceptors (Lipinski definition) is 5. The first-order valence-electron chi connectivity index (χ1n) is 11.1. The molecular weight excluding hydrogens is 578 g/mol. The average Bonchev–Trinajstić information content (AvgIpc) is 2.82. The van der Waals surface area contributed by atoms with E-state index in [0.717, 1.165) is 17.2 Å². The molecular formula is C27H22FIN2O5. The van der Waals surface area contributed by atoms with Gasteiger partial charge in [0.05, 0.1) is 15.9 Å². The highest BCUT2D eigenvalue weighted by Gasteiger charge is 2.38. The van der Waals surface area contributed by atoms with Crippen LogP contribution in [0.5, 0.6) is 11.5 Å². The third-order valence-corrected chi connectivity index (χ3v) is 6.10. The first-order valence-corrected chi connectivity index (χ1v) is 12.2. The molecule has 0 saturated carbocycles. The molecule has 3 aromatic carbocycles. The molecule has 0 radical (unpaired) electrons. The number of hydrogen-bond donors (Lipinski definition) is 1. The molecule has 1 heterocycles. The first kappa shape index (κ1) is 25.4. The largest absolute Gasteiger partial charge is 0.490 e. The van der Waals surface area contributed by atoms with Gasteiger partial charge in [-0.1, -0.05) is 42.0 Å². The summed E-state index contributed by atoms with van der Waals surface area (Å²) in [6.45, 7) is 4.54. The zero-order valence-electron chi connectivity index (χ0n) is 19.5. The van der Waals surface area contributed by atoms with Gasteiger partial charge in [-0.05, 0) is 77.9 Å². The summed E-state index contributed by atoms with van der Waals surface area (Å²) in [5.74, 6) is -1.59. The molecule has 36 heavy (non-hydrogen) atoms. The first-order chi connectivity index (χ1) is 17.3. The minimum atomic E-state index is -1.02. The quantitative estimate of drug-likeness (QED) is 0.224. The summed E-state index contributed by atoms with van der Waals surface area (Å²) in [7, 11) is 0. The van der Waals surface area contributed by atoms with E-state index >= 15 is 0 Å². The van der Waals surface area contributed by atoms with Gasteiger partial charge in [0.15, 0.2) is 11.5 Å². The van der Waals surface area contributed by atoms with Gasteiger partial charge in [-0.3, -0.25) is 14.9 Å². The molecule has 1 aliphatic rings. The van der Waals surface area contributed by atoms with Crippen LogP contribution in [0.4, 0.5) is 14.9 Å². The normalized spacial score (nSPS) is 14.7. The number of nitrogens with one attached hydrogen (secondary N) is 1. The lowest BCUT2D eigenvalue weighted by molar-refractivity contribution is -0.122. The number of amides is 4. The molecule has 1 saturated heterocycles. The van der Waals surface area contributed by atoms with E-state index in [4.69, 9.17) is 9.47 Å². The molecule has 1 aliphatic heterocycles. The van der Waals surface area contributed by atoms with Crippen LogP contribution in [-0.2, 0) is 16.2 Å². The molecule has 184 valence electrons. The molecule has 0 aliphatic carbocycles. The Hall–Kier alpha value is -3.73. The standard InChI is InChI=1S/C27H22FIN2O5/c1-3-35-23-14-18(13-21(29)24(23)36-15-17-8-6-7-16(2)11-17)12-19-25(32)30-27(34)31(26(19)33)22-10-5-4-9-20(22)28/h4-14H,3,15H2,1-2H3,(H,30,32,34)/b19-12-. The molecule has 0 bridgehead atoms. The Kier molecular flexibility index (Phi) is 7.68. The van der Waals surface area contributed by atoms with Gasteiger partial charge in [-0.25, -0.2) is 14.1 Å². The second-order valence-electron chi connectivity index (χ2n) is 7.95. The van der Waals surface area contributed by atoms with Gasteiger partial charge in [0.25, 0.3) is 11.8 Å². The number of aryl methyl sites for hydroxylation is 1. The number of para-hydroxylation sites is 1. The van der Waals surface area contributed by atoms with Crippen molar-refractivity contribution in [3.05, 3.63) is 92.3 Å². The second kappa shape index (κ2) is 10.9. The number of carbonyl (C=O) groups is 3. The van der Waals surface area contributed by atoms with E-state index in [1.807, 2.05) is 38.1 Å². The SMILES string of the molecule is CCOc1cc(/C=C2/C(=O)NC(=O)N(c3ccccc3F)C2=O)cc(I)c1OCc1cccc(C)c1. The monoisotopic (exact) mass is 600 g/mol. The maximum atomic E-state index is 14.3. The molecule has 1 N–H and O–H groups in total. The molecule has 0 spiro atoms. The topological polar surface area (TPSA) is 84.9 Å². The third-order valence-electron chi connectivity index (χ3n) is 5.30. The van der Waals surface area contributed by atoms with Gasteiger partial charge in [-0.2, -0.15) is 0 Å². The van der Waals surface area contributed by atoms with Crippen molar-refractivity contribution in [2.45, 2.75) is 20.5 Å². The van der Waals surface area contributed by atoms with Crippen molar-refractivity contribution in [2.24, 2.45) is 0 Å². The average molecular weight is 600 g/mol. The lowest BCUT2D eigenvalue weighted by Gasteiger charge is -2.26. The predicted octanol–water partition coefficient (Wildman–Crippen LogP) is 5.38. The highest BCUT2D eigenvalue weighted by molar-refractivity contribution is 14.1. The fourth-order valence-corrected chi connectivity index (χ4v) is 4.49. The summed E-state index contributed by atoms with van der Waals surface area (Å²) >= 11 is 2.09. The molecule has 0 atom stereocenters. The molecule has 1 fully saturated rings. The second-order valence-corrected chi connectivity index (χ2v) is 9.11. The fourth-order valence-electron chi connectivity index (χ4n) is 3.71. The van der Waals surface area contributed by atoms with Crippen LogP contribution in [0.2, 0.25) is 0 Å². The van der Waals surface area contributed by atoms with Crippen LogP contribution >= 0.6 is 22.6 Å². The van der Waals surface area contributed by atoms with Crippen molar-refractivity contribution in [3.8, 4) is 11.5 Å². The van der Waals surface area contributed by atoms with Crippen LogP contribution in [-0.4, -0.2) is 24.5 Å². The number of barbiturate groups is 1. The third kappa shape index (κ3) is 5.40. The van der Waals surface area contributed by atoms with Crippen LogP contribution in [0.1, 0.15) is 23.6 Å². The van der Waals surface area contributed by atoms with Gasteiger partial charge in [0.2, 0.25) is 0 Å². The van der Waals surface area contributed by atoms with Crippen molar-refractivity contribution >= 4 is 52.2 Å². The number of rotatable bonds is 7. The number of ether oxygens (including phenoxy) is 2. The van der Waals surface area contributed by atoms with Crippen LogP contribution < -0.4 is 19.7 Å². The minimum absolute atomic E-state index is 0.247. The van der Waals surface area contributed by atoms with E-state index in [9.17, 15) is 18.8 Å². The summed E-state index contributed by atoms with van der Waals surface area (Å²) in [5.41, 5.74) is 2.04. The van der Waals surface area contributed by atoms with Crippen LogP contribution in [0.15, 0.2) is 66.2 Å². The minimum Gasteiger partial charge on any atom is -0.490 e. The van der Waals surface area contributed by atoms with E-state index in [2.05, 4.69) is 27.9 Å². The summed E-state index contributed by atoms with van der Waals surface area (Å²) < 4.78 is 26.8. The van der Waals surface area contributed by atoms with E-state index in [1.165, 1.54) is 24.3 Å².